The molecule has 1 saturated heterocycles. The van der Waals surface area contributed by atoms with Crippen molar-refractivity contribution >= 4 is 35.6 Å². The number of aliphatic imine (C=N–C) groups is 1. The van der Waals surface area contributed by atoms with Crippen LogP contribution in [-0.2, 0) is 6.54 Å². The molecule has 0 aliphatic carbocycles. The number of nitrogens with zero attached hydrogens (tertiary/aromatic N) is 3. The summed E-state index contributed by atoms with van der Waals surface area (Å²) in [5.74, 6) is 1.32. The van der Waals surface area contributed by atoms with E-state index >= 15 is 0 Å². The summed E-state index contributed by atoms with van der Waals surface area (Å²) < 4.78 is 0. The van der Waals surface area contributed by atoms with Crippen LogP contribution in [0.5, 0.6) is 0 Å². The Labute approximate surface area is 166 Å². The summed E-state index contributed by atoms with van der Waals surface area (Å²) in [6, 6.07) is 7.48. The number of hydrogen-bond donors (Lipinski definition) is 2. The zero-order chi connectivity index (χ0) is 17.7. The predicted molar refractivity (Wildman–Crippen MR) is 112 cm³/mol. The summed E-state index contributed by atoms with van der Waals surface area (Å²) in [7, 11) is 1.75. The van der Waals surface area contributed by atoms with Gasteiger partial charge in [0.05, 0.1) is 4.92 Å². The highest BCUT2D eigenvalue weighted by atomic mass is 127. The fourth-order valence-corrected chi connectivity index (χ4v) is 2.91. The Morgan fingerprint density at radius 2 is 2.00 bits per heavy atom. The van der Waals surface area contributed by atoms with E-state index in [1.807, 2.05) is 0 Å². The van der Waals surface area contributed by atoms with Crippen LogP contribution in [0.3, 0.4) is 0 Å². The first kappa shape index (κ1) is 21.6. The van der Waals surface area contributed by atoms with Crippen molar-refractivity contribution in [3.8, 4) is 0 Å². The van der Waals surface area contributed by atoms with Gasteiger partial charge in [-0.2, -0.15) is 0 Å². The van der Waals surface area contributed by atoms with E-state index < -0.39 is 0 Å². The maximum Gasteiger partial charge on any atom is 0.269 e. The Morgan fingerprint density at radius 1 is 1.36 bits per heavy atom. The highest BCUT2D eigenvalue weighted by molar-refractivity contribution is 14.0. The third-order valence-electron chi connectivity index (χ3n) is 4.52. The number of benzene rings is 1. The third kappa shape index (κ3) is 6.10. The Kier molecular flexibility index (Phi) is 8.57. The lowest BCUT2D eigenvalue weighted by molar-refractivity contribution is -0.384. The summed E-state index contributed by atoms with van der Waals surface area (Å²) >= 11 is 0. The van der Waals surface area contributed by atoms with Crippen LogP contribution in [0.25, 0.3) is 0 Å². The summed E-state index contributed by atoms with van der Waals surface area (Å²) in [6.45, 7) is 9.37. The quantitative estimate of drug-likeness (QED) is 0.232. The second kappa shape index (κ2) is 9.91. The van der Waals surface area contributed by atoms with Crippen molar-refractivity contribution in [3.05, 3.63) is 39.9 Å². The van der Waals surface area contributed by atoms with Crippen molar-refractivity contribution in [2.75, 3.05) is 20.1 Å². The third-order valence-corrected chi connectivity index (χ3v) is 4.52. The van der Waals surface area contributed by atoms with Crippen molar-refractivity contribution in [1.29, 1.82) is 0 Å². The SMILES string of the molecule is CN=C(NCc1ccc([N+](=O)[O-])cc1)NC1CN(C(C)C)CC1C.I. The Hall–Kier alpha value is -1.42. The molecule has 0 saturated carbocycles. The van der Waals surface area contributed by atoms with E-state index in [9.17, 15) is 10.1 Å². The Morgan fingerprint density at radius 3 is 2.48 bits per heavy atom. The summed E-state index contributed by atoms with van der Waals surface area (Å²) in [6.07, 6.45) is 0. The zero-order valence-corrected chi connectivity index (χ0v) is 17.6. The van der Waals surface area contributed by atoms with Crippen molar-refractivity contribution in [2.45, 2.75) is 39.4 Å². The predicted octanol–water partition coefficient (Wildman–Crippen LogP) is 2.61. The summed E-state index contributed by atoms with van der Waals surface area (Å²) in [4.78, 5) is 17.0. The molecule has 1 aliphatic rings. The van der Waals surface area contributed by atoms with Gasteiger partial charge in [0, 0.05) is 50.9 Å². The van der Waals surface area contributed by atoms with Crippen molar-refractivity contribution in [1.82, 2.24) is 15.5 Å². The average Bonchev–Trinajstić information content (AvgIpc) is 2.93. The molecule has 2 N–H and O–H groups in total. The van der Waals surface area contributed by atoms with E-state index in [0.717, 1.165) is 24.6 Å². The van der Waals surface area contributed by atoms with Crippen molar-refractivity contribution in [3.63, 3.8) is 0 Å². The molecule has 140 valence electrons. The van der Waals surface area contributed by atoms with E-state index in [1.165, 1.54) is 12.1 Å². The maximum absolute atomic E-state index is 10.7. The molecule has 1 aromatic carbocycles. The highest BCUT2D eigenvalue weighted by Crippen LogP contribution is 2.18. The van der Waals surface area contributed by atoms with Crippen LogP contribution in [0.15, 0.2) is 29.3 Å². The van der Waals surface area contributed by atoms with Gasteiger partial charge in [-0.25, -0.2) is 0 Å². The number of nitrogens with one attached hydrogen (secondary N) is 2. The highest BCUT2D eigenvalue weighted by Gasteiger charge is 2.31. The number of nitro benzene ring substituents is 1. The molecular formula is C17H28IN5O2. The zero-order valence-electron chi connectivity index (χ0n) is 15.2. The Balaban J connectivity index is 0.00000312. The number of nitro groups is 1. The average molecular weight is 461 g/mol. The number of halogens is 1. The van der Waals surface area contributed by atoms with Gasteiger partial charge in [0.1, 0.15) is 0 Å². The van der Waals surface area contributed by atoms with E-state index in [2.05, 4.69) is 41.3 Å². The largest absolute Gasteiger partial charge is 0.352 e. The van der Waals surface area contributed by atoms with Crippen LogP contribution < -0.4 is 10.6 Å². The molecule has 1 aliphatic heterocycles. The molecular weight excluding hydrogens is 433 g/mol. The van der Waals surface area contributed by atoms with Gasteiger partial charge in [-0.3, -0.25) is 20.0 Å². The lowest BCUT2D eigenvalue weighted by Gasteiger charge is -2.22. The van der Waals surface area contributed by atoms with Gasteiger partial charge >= 0.3 is 0 Å². The fraction of sp³-hybridized carbons (Fsp3) is 0.588. The van der Waals surface area contributed by atoms with Gasteiger partial charge in [-0.15, -0.1) is 24.0 Å². The molecule has 2 atom stereocenters. The second-order valence-electron chi connectivity index (χ2n) is 6.63. The molecule has 0 amide bonds. The molecule has 0 bridgehead atoms. The molecule has 0 spiro atoms. The molecule has 2 unspecified atom stereocenters. The van der Waals surface area contributed by atoms with Crippen LogP contribution in [0.1, 0.15) is 26.3 Å². The minimum absolute atomic E-state index is 0. The molecule has 1 aromatic rings. The van der Waals surface area contributed by atoms with Crippen LogP contribution in [0, 0.1) is 16.0 Å². The molecule has 8 heteroatoms. The first-order valence-corrected chi connectivity index (χ1v) is 8.35. The standard InChI is InChI=1S/C17H27N5O2.HI/c1-12(2)21-10-13(3)16(11-21)20-17(18-4)19-9-14-5-7-15(8-6-14)22(23)24;/h5-8,12-13,16H,9-11H2,1-4H3,(H2,18,19,20);1H. The molecule has 1 heterocycles. The van der Waals surface area contributed by atoms with Gasteiger partial charge in [0.2, 0.25) is 0 Å². The van der Waals surface area contributed by atoms with Crippen molar-refractivity contribution < 1.29 is 4.92 Å². The van der Waals surface area contributed by atoms with Crippen LogP contribution in [0.2, 0.25) is 0 Å². The minimum Gasteiger partial charge on any atom is -0.352 e. The topological polar surface area (TPSA) is 82.8 Å². The summed E-state index contributed by atoms with van der Waals surface area (Å²) in [5, 5.41) is 17.4. The van der Waals surface area contributed by atoms with Gasteiger partial charge in [-0.05, 0) is 25.3 Å². The molecule has 1 fully saturated rings. The number of non-ortho nitro benzene ring substituents is 1. The lowest BCUT2D eigenvalue weighted by Crippen LogP contribution is -2.46. The van der Waals surface area contributed by atoms with Gasteiger partial charge < -0.3 is 10.6 Å². The molecule has 25 heavy (non-hydrogen) atoms. The van der Waals surface area contributed by atoms with E-state index in [4.69, 9.17) is 0 Å². The van der Waals surface area contributed by atoms with Gasteiger partial charge in [0.15, 0.2) is 5.96 Å². The fourth-order valence-electron chi connectivity index (χ4n) is 2.91. The Bertz CT molecular complexity index is 591. The van der Waals surface area contributed by atoms with E-state index in [-0.39, 0.29) is 34.6 Å². The number of guanidine groups is 1. The van der Waals surface area contributed by atoms with E-state index in [0.29, 0.717) is 24.5 Å². The van der Waals surface area contributed by atoms with Crippen LogP contribution in [-0.4, -0.2) is 48.0 Å². The monoisotopic (exact) mass is 461 g/mol. The number of likely N-dealkylation sites (tertiary alicyclic amines) is 1. The van der Waals surface area contributed by atoms with Crippen molar-refractivity contribution in [2.24, 2.45) is 10.9 Å². The molecule has 0 radical (unpaired) electrons. The normalized spacial score (nSPS) is 21.1. The van der Waals surface area contributed by atoms with Gasteiger partial charge in [-0.1, -0.05) is 19.1 Å². The second-order valence-corrected chi connectivity index (χ2v) is 6.63. The van der Waals surface area contributed by atoms with Gasteiger partial charge in [0.25, 0.3) is 5.69 Å². The number of rotatable bonds is 5. The molecule has 0 aromatic heterocycles. The minimum atomic E-state index is -0.389. The summed E-state index contributed by atoms with van der Waals surface area (Å²) in [5.41, 5.74) is 1.08. The van der Waals surface area contributed by atoms with Crippen LogP contribution >= 0.6 is 24.0 Å². The smallest absolute Gasteiger partial charge is 0.269 e. The number of hydrogen-bond acceptors (Lipinski definition) is 4. The van der Waals surface area contributed by atoms with Crippen LogP contribution in [0.4, 0.5) is 5.69 Å². The lowest BCUT2D eigenvalue weighted by atomic mass is 10.1. The molecule has 7 nitrogen and oxygen atoms in total. The van der Waals surface area contributed by atoms with E-state index in [1.54, 1.807) is 19.2 Å². The maximum atomic E-state index is 10.7. The first-order chi connectivity index (χ1) is 11.4. The first-order valence-electron chi connectivity index (χ1n) is 8.35. The molecule has 2 rings (SSSR count).